The van der Waals surface area contributed by atoms with Gasteiger partial charge in [0, 0.05) is 11.8 Å². The molecule has 0 aliphatic carbocycles. The number of amides is 1. The van der Waals surface area contributed by atoms with Crippen LogP contribution in [0.15, 0.2) is 48.8 Å². The first-order valence-electron chi connectivity index (χ1n) is 7.84. The third kappa shape index (κ3) is 5.44. The number of rotatable bonds is 4. The Hall–Kier alpha value is -2.80. The van der Waals surface area contributed by atoms with Gasteiger partial charge in [-0.15, -0.1) is 0 Å². The highest BCUT2D eigenvalue weighted by atomic mass is 16.5. The Morgan fingerprint density at radius 3 is 2.54 bits per heavy atom. The number of hydrogen-bond acceptors (Lipinski definition) is 3. The van der Waals surface area contributed by atoms with E-state index in [2.05, 4.69) is 42.9 Å². The van der Waals surface area contributed by atoms with Gasteiger partial charge in [0.05, 0.1) is 12.7 Å². The van der Waals surface area contributed by atoms with Crippen LogP contribution in [-0.4, -0.2) is 24.0 Å². The number of ether oxygens (including phenoxy) is 1. The van der Waals surface area contributed by atoms with Crippen molar-refractivity contribution in [2.24, 2.45) is 0 Å². The zero-order valence-electron chi connectivity index (χ0n) is 14.3. The lowest BCUT2D eigenvalue weighted by atomic mass is 9.87. The molecule has 24 heavy (non-hydrogen) atoms. The normalized spacial score (nSPS) is 10.5. The second kappa shape index (κ2) is 8.16. The lowest BCUT2D eigenvalue weighted by Crippen LogP contribution is -2.23. The SMILES string of the molecule is CC(C)(C)c1ccc(C(=O)NCC#CCOc2cccnc2)cc1. The number of pyridine rings is 1. The maximum Gasteiger partial charge on any atom is 0.252 e. The monoisotopic (exact) mass is 322 g/mol. The molecular weight excluding hydrogens is 300 g/mol. The molecule has 0 atom stereocenters. The summed E-state index contributed by atoms with van der Waals surface area (Å²) < 4.78 is 5.39. The maximum atomic E-state index is 12.0. The lowest BCUT2D eigenvalue weighted by Gasteiger charge is -2.18. The van der Waals surface area contributed by atoms with Crippen molar-refractivity contribution in [1.29, 1.82) is 0 Å². The van der Waals surface area contributed by atoms with Gasteiger partial charge < -0.3 is 10.1 Å². The van der Waals surface area contributed by atoms with Gasteiger partial charge in [-0.1, -0.05) is 44.7 Å². The summed E-state index contributed by atoms with van der Waals surface area (Å²) in [6.07, 6.45) is 3.31. The first-order valence-corrected chi connectivity index (χ1v) is 7.84. The average Bonchev–Trinajstić information content (AvgIpc) is 2.58. The fraction of sp³-hybridized carbons (Fsp3) is 0.300. The molecule has 0 bridgehead atoms. The molecule has 1 aromatic carbocycles. The van der Waals surface area contributed by atoms with Gasteiger partial charge in [-0.25, -0.2) is 0 Å². The molecule has 2 rings (SSSR count). The Morgan fingerprint density at radius 1 is 1.17 bits per heavy atom. The van der Waals surface area contributed by atoms with E-state index in [-0.39, 0.29) is 24.5 Å². The molecule has 0 saturated carbocycles. The number of benzene rings is 1. The minimum Gasteiger partial charge on any atom is -0.479 e. The van der Waals surface area contributed by atoms with Crippen LogP contribution in [0.1, 0.15) is 36.7 Å². The number of carbonyl (C=O) groups excluding carboxylic acids is 1. The van der Waals surface area contributed by atoms with Crippen molar-refractivity contribution < 1.29 is 9.53 Å². The molecule has 4 heteroatoms. The van der Waals surface area contributed by atoms with Gasteiger partial charge in [0.2, 0.25) is 0 Å². The number of hydrogen-bond donors (Lipinski definition) is 1. The van der Waals surface area contributed by atoms with E-state index in [4.69, 9.17) is 4.74 Å². The molecule has 0 unspecified atom stereocenters. The Labute approximate surface area is 143 Å². The molecule has 0 aliphatic heterocycles. The quantitative estimate of drug-likeness (QED) is 0.880. The predicted octanol–water partition coefficient (Wildman–Crippen LogP) is 3.19. The van der Waals surface area contributed by atoms with E-state index >= 15 is 0 Å². The average molecular weight is 322 g/mol. The van der Waals surface area contributed by atoms with Crippen LogP contribution < -0.4 is 10.1 Å². The Morgan fingerprint density at radius 2 is 1.92 bits per heavy atom. The highest BCUT2D eigenvalue weighted by molar-refractivity contribution is 5.94. The highest BCUT2D eigenvalue weighted by Crippen LogP contribution is 2.22. The Bertz CT molecular complexity index is 720. The number of nitrogens with one attached hydrogen (secondary N) is 1. The molecule has 4 nitrogen and oxygen atoms in total. The molecule has 0 spiro atoms. The number of carbonyl (C=O) groups is 1. The van der Waals surface area contributed by atoms with Crippen molar-refractivity contribution in [3.05, 3.63) is 59.9 Å². The fourth-order valence-corrected chi connectivity index (χ4v) is 2.01. The summed E-state index contributed by atoms with van der Waals surface area (Å²) in [4.78, 5) is 16.0. The maximum absolute atomic E-state index is 12.0. The van der Waals surface area contributed by atoms with Gasteiger partial charge in [-0.3, -0.25) is 9.78 Å². The van der Waals surface area contributed by atoms with E-state index in [9.17, 15) is 4.79 Å². The van der Waals surface area contributed by atoms with E-state index < -0.39 is 0 Å². The van der Waals surface area contributed by atoms with Gasteiger partial charge in [-0.05, 0) is 35.2 Å². The molecule has 1 heterocycles. The summed E-state index contributed by atoms with van der Waals surface area (Å²) in [6.45, 7) is 6.99. The Balaban J connectivity index is 1.76. The van der Waals surface area contributed by atoms with Crippen molar-refractivity contribution in [3.8, 4) is 17.6 Å². The van der Waals surface area contributed by atoms with Crippen molar-refractivity contribution in [2.45, 2.75) is 26.2 Å². The van der Waals surface area contributed by atoms with Crippen LogP contribution in [-0.2, 0) is 5.41 Å². The topological polar surface area (TPSA) is 51.2 Å². The smallest absolute Gasteiger partial charge is 0.252 e. The van der Waals surface area contributed by atoms with E-state index in [1.807, 2.05) is 30.3 Å². The highest BCUT2D eigenvalue weighted by Gasteiger charge is 2.13. The first-order chi connectivity index (χ1) is 11.5. The fourth-order valence-electron chi connectivity index (χ4n) is 2.01. The Kier molecular flexibility index (Phi) is 5.97. The predicted molar refractivity (Wildman–Crippen MR) is 95.0 cm³/mol. The zero-order valence-corrected chi connectivity index (χ0v) is 14.3. The van der Waals surface area contributed by atoms with Gasteiger partial charge in [0.1, 0.15) is 12.4 Å². The summed E-state index contributed by atoms with van der Waals surface area (Å²) in [5.41, 5.74) is 1.91. The third-order valence-electron chi connectivity index (χ3n) is 3.42. The minimum absolute atomic E-state index is 0.0781. The van der Waals surface area contributed by atoms with Crippen LogP contribution in [0.5, 0.6) is 5.75 Å². The molecule has 2 aromatic rings. The molecule has 1 amide bonds. The molecule has 124 valence electrons. The van der Waals surface area contributed by atoms with Crippen molar-refractivity contribution in [3.63, 3.8) is 0 Å². The minimum atomic E-state index is -0.127. The molecular formula is C20H22N2O2. The zero-order chi connectivity index (χ0) is 17.4. The van der Waals surface area contributed by atoms with Crippen molar-refractivity contribution in [2.75, 3.05) is 13.2 Å². The van der Waals surface area contributed by atoms with Gasteiger partial charge in [-0.2, -0.15) is 0 Å². The molecule has 0 fully saturated rings. The van der Waals surface area contributed by atoms with Crippen LogP contribution in [0.4, 0.5) is 0 Å². The van der Waals surface area contributed by atoms with Gasteiger partial charge >= 0.3 is 0 Å². The largest absolute Gasteiger partial charge is 0.479 e. The summed E-state index contributed by atoms with van der Waals surface area (Å²) in [7, 11) is 0. The number of nitrogens with zero attached hydrogens (tertiary/aromatic N) is 1. The van der Waals surface area contributed by atoms with E-state index in [0.717, 1.165) is 0 Å². The molecule has 0 aliphatic rings. The van der Waals surface area contributed by atoms with Crippen LogP contribution in [0.3, 0.4) is 0 Å². The standard InChI is InChI=1S/C20H22N2O2/c1-20(2,3)17-10-8-16(9-11-17)19(23)22-13-4-5-14-24-18-7-6-12-21-15-18/h6-12,15H,13-14H2,1-3H3,(H,22,23). The van der Waals surface area contributed by atoms with Crippen LogP contribution >= 0.6 is 0 Å². The summed E-state index contributed by atoms with van der Waals surface area (Å²) in [6, 6.07) is 11.3. The molecule has 0 saturated heterocycles. The summed E-state index contributed by atoms with van der Waals surface area (Å²) in [5, 5.41) is 2.78. The van der Waals surface area contributed by atoms with E-state index in [1.54, 1.807) is 18.5 Å². The van der Waals surface area contributed by atoms with E-state index in [0.29, 0.717) is 11.3 Å². The van der Waals surface area contributed by atoms with Crippen LogP contribution in [0, 0.1) is 11.8 Å². The van der Waals surface area contributed by atoms with E-state index in [1.165, 1.54) is 5.56 Å². The second-order valence-corrected chi connectivity index (χ2v) is 6.34. The number of aromatic nitrogens is 1. The lowest BCUT2D eigenvalue weighted by molar-refractivity contribution is 0.0958. The van der Waals surface area contributed by atoms with Crippen LogP contribution in [0.25, 0.3) is 0 Å². The van der Waals surface area contributed by atoms with Crippen molar-refractivity contribution >= 4 is 5.91 Å². The first kappa shape index (κ1) is 17.6. The second-order valence-electron chi connectivity index (χ2n) is 6.34. The molecule has 1 aromatic heterocycles. The molecule has 1 N–H and O–H groups in total. The third-order valence-corrected chi connectivity index (χ3v) is 3.42. The summed E-state index contributed by atoms with van der Waals surface area (Å²) >= 11 is 0. The van der Waals surface area contributed by atoms with Crippen LogP contribution in [0.2, 0.25) is 0 Å². The van der Waals surface area contributed by atoms with Gasteiger partial charge in [0.25, 0.3) is 5.91 Å². The van der Waals surface area contributed by atoms with Crippen molar-refractivity contribution in [1.82, 2.24) is 10.3 Å². The van der Waals surface area contributed by atoms with Gasteiger partial charge in [0.15, 0.2) is 0 Å². The molecule has 0 radical (unpaired) electrons. The summed E-state index contributed by atoms with van der Waals surface area (Å²) in [5.74, 6) is 6.27.